The Morgan fingerprint density at radius 1 is 1.18 bits per heavy atom. The van der Waals surface area contributed by atoms with Gasteiger partial charge in [-0.2, -0.15) is 0 Å². The number of carboxylic acid groups (broad SMARTS) is 1. The molecule has 0 unspecified atom stereocenters. The van der Waals surface area contributed by atoms with Gasteiger partial charge in [0.05, 0.1) is 12.0 Å². The standard InChI is InChI=1S/C23H26ClNO3/c1-5-28-18-10-11-20-19(12-18)15(2)21(13-23(3,4)22(26)27)25(20)14-16-6-8-17(24)9-7-16/h6-12H,5,13-14H2,1-4H3,(H,26,27). The molecular weight excluding hydrogens is 374 g/mol. The topological polar surface area (TPSA) is 51.5 Å². The van der Waals surface area contributed by atoms with Crippen molar-refractivity contribution in [3.63, 3.8) is 0 Å². The van der Waals surface area contributed by atoms with Crippen molar-refractivity contribution >= 4 is 28.5 Å². The molecule has 0 bridgehead atoms. The minimum Gasteiger partial charge on any atom is -0.494 e. The van der Waals surface area contributed by atoms with Crippen LogP contribution in [-0.2, 0) is 17.8 Å². The average Bonchev–Trinajstić information content (AvgIpc) is 2.89. The summed E-state index contributed by atoms with van der Waals surface area (Å²) in [6, 6.07) is 13.8. The Morgan fingerprint density at radius 3 is 2.46 bits per heavy atom. The van der Waals surface area contributed by atoms with E-state index in [0.717, 1.165) is 33.5 Å². The smallest absolute Gasteiger partial charge is 0.309 e. The summed E-state index contributed by atoms with van der Waals surface area (Å²) in [5.41, 5.74) is 3.46. The highest BCUT2D eigenvalue weighted by Gasteiger charge is 2.30. The fourth-order valence-electron chi connectivity index (χ4n) is 3.49. The summed E-state index contributed by atoms with van der Waals surface area (Å²) >= 11 is 6.03. The van der Waals surface area contributed by atoms with Gasteiger partial charge < -0.3 is 14.4 Å². The van der Waals surface area contributed by atoms with Crippen molar-refractivity contribution in [2.24, 2.45) is 5.41 Å². The highest BCUT2D eigenvalue weighted by Crippen LogP contribution is 2.34. The van der Waals surface area contributed by atoms with Crippen LogP contribution in [0.25, 0.3) is 10.9 Å². The number of rotatable bonds is 7. The second kappa shape index (κ2) is 7.88. The quantitative estimate of drug-likeness (QED) is 0.554. The number of halogens is 1. The predicted octanol–water partition coefficient (Wildman–Crippen LogP) is 5.70. The number of aromatic nitrogens is 1. The van der Waals surface area contributed by atoms with Crippen LogP contribution in [0.4, 0.5) is 0 Å². The summed E-state index contributed by atoms with van der Waals surface area (Å²) in [6.07, 6.45) is 0.445. The summed E-state index contributed by atoms with van der Waals surface area (Å²) in [5, 5.41) is 11.4. The normalized spacial score (nSPS) is 11.8. The second-order valence-corrected chi connectivity index (χ2v) is 8.20. The molecule has 1 aromatic heterocycles. The maximum absolute atomic E-state index is 11.8. The minimum absolute atomic E-state index is 0.445. The van der Waals surface area contributed by atoms with Crippen molar-refractivity contribution in [3.05, 3.63) is 64.3 Å². The molecule has 0 fully saturated rings. The van der Waals surface area contributed by atoms with Gasteiger partial charge >= 0.3 is 5.97 Å². The molecule has 1 N–H and O–H groups in total. The summed E-state index contributed by atoms with van der Waals surface area (Å²) in [6.45, 7) is 8.82. The molecular formula is C23H26ClNO3. The molecule has 5 heteroatoms. The van der Waals surface area contributed by atoms with E-state index in [1.54, 1.807) is 13.8 Å². The van der Waals surface area contributed by atoms with Crippen molar-refractivity contribution in [1.29, 1.82) is 0 Å². The fourth-order valence-corrected chi connectivity index (χ4v) is 3.61. The van der Waals surface area contributed by atoms with Crippen molar-refractivity contribution in [1.82, 2.24) is 4.57 Å². The number of nitrogens with zero attached hydrogens (tertiary/aromatic N) is 1. The summed E-state index contributed by atoms with van der Waals surface area (Å²) in [5.74, 6) is 0.0241. The number of carbonyl (C=O) groups is 1. The van der Waals surface area contributed by atoms with Crippen LogP contribution in [0, 0.1) is 12.3 Å². The van der Waals surface area contributed by atoms with Gasteiger partial charge in [0.1, 0.15) is 5.75 Å². The molecule has 0 atom stereocenters. The zero-order valence-corrected chi connectivity index (χ0v) is 17.5. The average molecular weight is 400 g/mol. The first-order chi connectivity index (χ1) is 13.2. The number of aryl methyl sites for hydroxylation is 1. The van der Waals surface area contributed by atoms with Gasteiger partial charge in [0.15, 0.2) is 0 Å². The van der Waals surface area contributed by atoms with E-state index in [4.69, 9.17) is 16.3 Å². The van der Waals surface area contributed by atoms with Crippen LogP contribution >= 0.6 is 11.6 Å². The molecule has 0 aliphatic heterocycles. The van der Waals surface area contributed by atoms with Crippen LogP contribution < -0.4 is 4.74 Å². The van der Waals surface area contributed by atoms with Crippen molar-refractivity contribution in [2.75, 3.05) is 6.61 Å². The molecule has 3 rings (SSSR count). The number of fused-ring (bicyclic) bond motifs is 1. The summed E-state index contributed by atoms with van der Waals surface area (Å²) < 4.78 is 7.89. The highest BCUT2D eigenvalue weighted by molar-refractivity contribution is 6.30. The molecule has 0 spiro atoms. The molecule has 0 saturated heterocycles. The Morgan fingerprint density at radius 2 is 1.86 bits per heavy atom. The Hall–Kier alpha value is -2.46. The van der Waals surface area contributed by atoms with Crippen LogP contribution in [0.5, 0.6) is 5.75 Å². The molecule has 0 radical (unpaired) electrons. The van der Waals surface area contributed by atoms with Crippen molar-refractivity contribution < 1.29 is 14.6 Å². The fraction of sp³-hybridized carbons (Fsp3) is 0.348. The van der Waals surface area contributed by atoms with Crippen molar-refractivity contribution in [3.8, 4) is 5.75 Å². The maximum atomic E-state index is 11.8. The Bertz CT molecular complexity index is 1000. The zero-order chi connectivity index (χ0) is 20.5. The molecule has 1 heterocycles. The summed E-state index contributed by atoms with van der Waals surface area (Å²) in [4.78, 5) is 11.8. The molecule has 148 valence electrons. The van der Waals surface area contributed by atoms with E-state index in [-0.39, 0.29) is 0 Å². The van der Waals surface area contributed by atoms with Gasteiger partial charge in [0.25, 0.3) is 0 Å². The third-order valence-electron chi connectivity index (χ3n) is 5.17. The first-order valence-corrected chi connectivity index (χ1v) is 9.83. The Kier molecular flexibility index (Phi) is 5.71. The van der Waals surface area contributed by atoms with E-state index in [9.17, 15) is 9.90 Å². The number of hydrogen-bond donors (Lipinski definition) is 1. The van der Waals surface area contributed by atoms with Gasteiger partial charge in [0.2, 0.25) is 0 Å². The van der Waals surface area contributed by atoms with E-state index in [0.29, 0.717) is 24.6 Å². The molecule has 2 aromatic carbocycles. The van der Waals surface area contributed by atoms with E-state index in [1.807, 2.05) is 43.3 Å². The maximum Gasteiger partial charge on any atom is 0.309 e. The van der Waals surface area contributed by atoms with E-state index in [1.165, 1.54) is 0 Å². The van der Waals surface area contributed by atoms with Gasteiger partial charge in [-0.1, -0.05) is 23.7 Å². The van der Waals surface area contributed by atoms with Gasteiger partial charge in [-0.15, -0.1) is 0 Å². The molecule has 0 saturated carbocycles. The SMILES string of the molecule is CCOc1ccc2c(c1)c(C)c(CC(C)(C)C(=O)O)n2Cc1ccc(Cl)cc1. The highest BCUT2D eigenvalue weighted by atomic mass is 35.5. The van der Waals surface area contributed by atoms with Gasteiger partial charge in [-0.25, -0.2) is 0 Å². The lowest BCUT2D eigenvalue weighted by Gasteiger charge is -2.21. The Balaban J connectivity index is 2.15. The predicted molar refractivity (Wildman–Crippen MR) is 114 cm³/mol. The van der Waals surface area contributed by atoms with Gasteiger partial charge in [-0.05, 0) is 69.2 Å². The Labute approximate surface area is 170 Å². The largest absolute Gasteiger partial charge is 0.494 e. The van der Waals surface area contributed by atoms with Crippen LogP contribution in [0.15, 0.2) is 42.5 Å². The van der Waals surface area contributed by atoms with Crippen LogP contribution in [-0.4, -0.2) is 22.2 Å². The van der Waals surface area contributed by atoms with E-state index in [2.05, 4.69) is 17.6 Å². The number of carboxylic acids is 1. The minimum atomic E-state index is -0.861. The van der Waals surface area contributed by atoms with Crippen LogP contribution in [0.1, 0.15) is 37.6 Å². The van der Waals surface area contributed by atoms with Crippen LogP contribution in [0.3, 0.4) is 0 Å². The third kappa shape index (κ3) is 4.02. The zero-order valence-electron chi connectivity index (χ0n) is 16.8. The first-order valence-electron chi connectivity index (χ1n) is 9.45. The molecule has 0 aliphatic carbocycles. The molecule has 28 heavy (non-hydrogen) atoms. The van der Waals surface area contributed by atoms with E-state index < -0.39 is 11.4 Å². The molecule has 3 aromatic rings. The van der Waals surface area contributed by atoms with Gasteiger partial charge in [-0.3, -0.25) is 4.79 Å². The van der Waals surface area contributed by atoms with E-state index >= 15 is 0 Å². The molecule has 0 aliphatic rings. The lowest BCUT2D eigenvalue weighted by atomic mass is 9.87. The summed E-state index contributed by atoms with van der Waals surface area (Å²) in [7, 11) is 0. The number of hydrogen-bond acceptors (Lipinski definition) is 2. The van der Waals surface area contributed by atoms with Gasteiger partial charge in [0, 0.05) is 34.6 Å². The number of benzene rings is 2. The molecule has 4 nitrogen and oxygen atoms in total. The number of aliphatic carboxylic acids is 1. The van der Waals surface area contributed by atoms with Crippen molar-refractivity contribution in [2.45, 2.75) is 40.7 Å². The second-order valence-electron chi connectivity index (χ2n) is 7.76. The lowest BCUT2D eigenvalue weighted by molar-refractivity contribution is -0.146. The monoisotopic (exact) mass is 399 g/mol. The third-order valence-corrected chi connectivity index (χ3v) is 5.43. The first kappa shape index (κ1) is 20.3. The van der Waals surface area contributed by atoms with Crippen LogP contribution in [0.2, 0.25) is 5.02 Å². The molecule has 0 amide bonds. The lowest BCUT2D eigenvalue weighted by Crippen LogP contribution is -2.27. The number of ether oxygens (including phenoxy) is 1.